The lowest BCUT2D eigenvalue weighted by molar-refractivity contribution is 0.220. The maximum absolute atomic E-state index is 12.5. The van der Waals surface area contributed by atoms with Gasteiger partial charge in [-0.1, -0.05) is 30.3 Å². The van der Waals surface area contributed by atoms with Crippen LogP contribution in [0.3, 0.4) is 0 Å². The number of nitrogens with one attached hydrogen (secondary N) is 2. The van der Waals surface area contributed by atoms with E-state index < -0.39 is 0 Å². The smallest absolute Gasteiger partial charge is 0.315 e. The fourth-order valence-corrected chi connectivity index (χ4v) is 4.91. The molecule has 132 valence electrons. The Morgan fingerprint density at radius 3 is 2.84 bits per heavy atom. The molecular weight excluding hydrogens is 330 g/mol. The molecule has 5 heteroatoms. The summed E-state index contributed by atoms with van der Waals surface area (Å²) in [7, 11) is 0. The fourth-order valence-electron chi connectivity index (χ4n) is 4.05. The summed E-state index contributed by atoms with van der Waals surface area (Å²) in [6.45, 7) is 2.92. The Morgan fingerprint density at radius 2 is 2.04 bits per heavy atom. The van der Waals surface area contributed by atoms with E-state index in [-0.39, 0.29) is 12.1 Å². The third kappa shape index (κ3) is 3.72. The number of carbonyl (C=O) groups is 1. The molecule has 2 aromatic rings. The molecule has 0 bridgehead atoms. The van der Waals surface area contributed by atoms with Gasteiger partial charge in [-0.2, -0.15) is 0 Å². The first-order valence-electron chi connectivity index (χ1n) is 9.21. The standard InChI is InChI=1S/C20H25N3OS/c24-20(22-17-10-9-15-6-1-2-7-16(15)17)21-14-18(19-8-5-13-25-19)23-11-3-4-12-23/h1-2,5-8,13,17-18H,3-4,9-12,14H2,(H2,21,22,24). The molecule has 2 N–H and O–H groups in total. The minimum Gasteiger partial charge on any atom is -0.336 e. The molecule has 4 nitrogen and oxygen atoms in total. The second kappa shape index (κ2) is 7.58. The number of aryl methyl sites for hydroxylation is 1. The number of carbonyl (C=O) groups excluding carboxylic acids is 1. The monoisotopic (exact) mass is 355 g/mol. The number of amides is 2. The molecule has 2 heterocycles. The van der Waals surface area contributed by atoms with Gasteiger partial charge in [0.1, 0.15) is 0 Å². The van der Waals surface area contributed by atoms with E-state index in [4.69, 9.17) is 0 Å². The molecule has 2 aliphatic rings. The van der Waals surface area contributed by atoms with Crippen molar-refractivity contribution in [3.8, 4) is 0 Å². The predicted octanol–water partition coefficient (Wildman–Crippen LogP) is 3.87. The molecule has 1 aliphatic carbocycles. The van der Waals surface area contributed by atoms with Crippen LogP contribution in [0.2, 0.25) is 0 Å². The van der Waals surface area contributed by atoms with Crippen LogP contribution in [0.1, 0.15) is 47.4 Å². The molecule has 25 heavy (non-hydrogen) atoms. The van der Waals surface area contributed by atoms with E-state index in [9.17, 15) is 4.79 Å². The molecule has 1 saturated heterocycles. The van der Waals surface area contributed by atoms with E-state index in [0.29, 0.717) is 12.6 Å². The van der Waals surface area contributed by atoms with Crippen molar-refractivity contribution in [1.29, 1.82) is 0 Å². The van der Waals surface area contributed by atoms with Crippen LogP contribution in [0.15, 0.2) is 41.8 Å². The van der Waals surface area contributed by atoms with Crippen molar-refractivity contribution in [3.05, 3.63) is 57.8 Å². The van der Waals surface area contributed by atoms with Gasteiger partial charge in [-0.05, 0) is 61.3 Å². The van der Waals surface area contributed by atoms with Crippen LogP contribution in [0.5, 0.6) is 0 Å². The van der Waals surface area contributed by atoms with Gasteiger partial charge in [0.25, 0.3) is 0 Å². The summed E-state index contributed by atoms with van der Waals surface area (Å²) >= 11 is 1.78. The number of hydrogen-bond acceptors (Lipinski definition) is 3. The zero-order valence-corrected chi connectivity index (χ0v) is 15.2. The lowest BCUT2D eigenvalue weighted by atomic mass is 10.1. The topological polar surface area (TPSA) is 44.4 Å². The Labute approximate surface area is 153 Å². The number of nitrogens with zero attached hydrogens (tertiary/aromatic N) is 1. The van der Waals surface area contributed by atoms with Crippen molar-refractivity contribution in [2.45, 2.75) is 37.8 Å². The molecule has 1 aromatic heterocycles. The fraction of sp³-hybridized carbons (Fsp3) is 0.450. The van der Waals surface area contributed by atoms with E-state index in [0.717, 1.165) is 25.9 Å². The maximum Gasteiger partial charge on any atom is 0.315 e. The summed E-state index contributed by atoms with van der Waals surface area (Å²) in [5.74, 6) is 0. The van der Waals surface area contributed by atoms with Crippen LogP contribution in [0, 0.1) is 0 Å². The largest absolute Gasteiger partial charge is 0.336 e. The molecule has 2 unspecified atom stereocenters. The number of rotatable bonds is 5. The normalized spacial score (nSPS) is 21.0. The van der Waals surface area contributed by atoms with Gasteiger partial charge in [0, 0.05) is 11.4 Å². The van der Waals surface area contributed by atoms with Crippen molar-refractivity contribution in [2.75, 3.05) is 19.6 Å². The SMILES string of the molecule is O=C(NCC(c1cccs1)N1CCCC1)NC1CCc2ccccc21. The molecule has 0 spiro atoms. The Bertz CT molecular complexity index is 709. The van der Waals surface area contributed by atoms with E-state index in [1.54, 1.807) is 11.3 Å². The zero-order chi connectivity index (χ0) is 17.1. The van der Waals surface area contributed by atoms with Gasteiger partial charge in [-0.25, -0.2) is 4.79 Å². The summed E-state index contributed by atoms with van der Waals surface area (Å²) in [6.07, 6.45) is 4.56. The van der Waals surface area contributed by atoms with Gasteiger partial charge < -0.3 is 10.6 Å². The number of benzene rings is 1. The van der Waals surface area contributed by atoms with Crippen LogP contribution in [0.4, 0.5) is 4.79 Å². The highest BCUT2D eigenvalue weighted by atomic mass is 32.1. The lowest BCUT2D eigenvalue weighted by Crippen LogP contribution is -2.42. The number of likely N-dealkylation sites (tertiary alicyclic amines) is 1. The highest BCUT2D eigenvalue weighted by molar-refractivity contribution is 7.10. The molecule has 4 rings (SSSR count). The first kappa shape index (κ1) is 16.6. The first-order valence-corrected chi connectivity index (χ1v) is 10.1. The number of hydrogen-bond donors (Lipinski definition) is 2. The first-order chi connectivity index (χ1) is 12.3. The van der Waals surface area contributed by atoms with Crippen molar-refractivity contribution in [3.63, 3.8) is 0 Å². The van der Waals surface area contributed by atoms with Crippen molar-refractivity contribution in [1.82, 2.24) is 15.5 Å². The third-order valence-corrected chi connectivity index (χ3v) is 6.32. The molecule has 1 aromatic carbocycles. The van der Waals surface area contributed by atoms with Crippen molar-refractivity contribution in [2.24, 2.45) is 0 Å². The number of urea groups is 1. The van der Waals surface area contributed by atoms with Crippen LogP contribution < -0.4 is 10.6 Å². The number of fused-ring (bicyclic) bond motifs is 1. The molecule has 0 saturated carbocycles. The molecule has 0 radical (unpaired) electrons. The van der Waals surface area contributed by atoms with Crippen molar-refractivity contribution < 1.29 is 4.79 Å². The highest BCUT2D eigenvalue weighted by Crippen LogP contribution is 2.31. The Hall–Kier alpha value is -1.85. The zero-order valence-electron chi connectivity index (χ0n) is 14.4. The molecule has 2 atom stereocenters. The Balaban J connectivity index is 1.36. The van der Waals surface area contributed by atoms with Crippen LogP contribution in [0.25, 0.3) is 0 Å². The quantitative estimate of drug-likeness (QED) is 0.855. The minimum absolute atomic E-state index is 0.0533. The second-order valence-electron chi connectivity index (χ2n) is 6.92. The van der Waals surface area contributed by atoms with Gasteiger partial charge in [0.15, 0.2) is 0 Å². The highest BCUT2D eigenvalue weighted by Gasteiger charge is 2.26. The Morgan fingerprint density at radius 1 is 1.20 bits per heavy atom. The van der Waals surface area contributed by atoms with Crippen LogP contribution in [-0.4, -0.2) is 30.6 Å². The summed E-state index contributed by atoms with van der Waals surface area (Å²) in [4.78, 5) is 16.3. The van der Waals surface area contributed by atoms with Gasteiger partial charge in [0.2, 0.25) is 0 Å². The van der Waals surface area contributed by atoms with E-state index in [2.05, 4.69) is 57.3 Å². The molecular formula is C20H25N3OS. The summed E-state index contributed by atoms with van der Waals surface area (Å²) in [5.41, 5.74) is 2.63. The Kier molecular flexibility index (Phi) is 5.04. The van der Waals surface area contributed by atoms with Gasteiger partial charge in [0.05, 0.1) is 12.1 Å². The van der Waals surface area contributed by atoms with Gasteiger partial charge in [-0.15, -0.1) is 11.3 Å². The summed E-state index contributed by atoms with van der Waals surface area (Å²) in [5, 5.41) is 8.40. The summed E-state index contributed by atoms with van der Waals surface area (Å²) < 4.78 is 0. The second-order valence-corrected chi connectivity index (χ2v) is 7.90. The predicted molar refractivity (Wildman–Crippen MR) is 102 cm³/mol. The van der Waals surface area contributed by atoms with E-state index >= 15 is 0 Å². The van der Waals surface area contributed by atoms with Crippen molar-refractivity contribution >= 4 is 17.4 Å². The minimum atomic E-state index is -0.0533. The lowest BCUT2D eigenvalue weighted by Gasteiger charge is -2.27. The van der Waals surface area contributed by atoms with E-state index in [1.807, 2.05) is 0 Å². The van der Waals surface area contributed by atoms with Crippen LogP contribution in [-0.2, 0) is 6.42 Å². The van der Waals surface area contributed by atoms with Gasteiger partial charge >= 0.3 is 6.03 Å². The van der Waals surface area contributed by atoms with Crippen LogP contribution >= 0.6 is 11.3 Å². The maximum atomic E-state index is 12.5. The average Bonchev–Trinajstić information content (AvgIpc) is 3.38. The number of thiophene rings is 1. The van der Waals surface area contributed by atoms with E-state index in [1.165, 1.54) is 28.8 Å². The molecule has 1 fully saturated rings. The van der Waals surface area contributed by atoms with Gasteiger partial charge in [-0.3, -0.25) is 4.90 Å². The molecule has 2 amide bonds. The molecule has 1 aliphatic heterocycles. The third-order valence-electron chi connectivity index (χ3n) is 5.35. The average molecular weight is 356 g/mol. The summed E-state index contributed by atoms with van der Waals surface area (Å²) in [6, 6.07) is 13.1.